The van der Waals surface area contributed by atoms with E-state index < -0.39 is 0 Å². The van der Waals surface area contributed by atoms with E-state index in [4.69, 9.17) is 4.42 Å². The van der Waals surface area contributed by atoms with E-state index in [-0.39, 0.29) is 5.41 Å². The highest BCUT2D eigenvalue weighted by molar-refractivity contribution is 6.13. The number of para-hydroxylation sites is 2. The van der Waals surface area contributed by atoms with Crippen molar-refractivity contribution in [2.45, 2.75) is 19.3 Å². The lowest BCUT2D eigenvalue weighted by atomic mass is 9.66. The van der Waals surface area contributed by atoms with Crippen LogP contribution in [-0.4, -0.2) is 0 Å². The lowest BCUT2D eigenvalue weighted by molar-refractivity contribution is 0.645. The maximum absolute atomic E-state index is 6.77. The third-order valence-corrected chi connectivity index (χ3v) is 11.8. The Morgan fingerprint density at radius 2 is 1.11 bits per heavy atom. The Bertz CT molecular complexity index is 3110. The van der Waals surface area contributed by atoms with Gasteiger partial charge >= 0.3 is 0 Å². The quantitative estimate of drug-likeness (QED) is 0.177. The third-order valence-electron chi connectivity index (χ3n) is 11.8. The molecule has 0 fully saturated rings. The van der Waals surface area contributed by atoms with Crippen molar-refractivity contribution < 1.29 is 4.42 Å². The molecule has 0 radical (unpaired) electrons. The predicted molar refractivity (Wildman–Crippen MR) is 232 cm³/mol. The van der Waals surface area contributed by atoms with E-state index in [0.717, 1.165) is 39.0 Å². The molecule has 2 nitrogen and oxygen atoms in total. The number of benzene rings is 9. The van der Waals surface area contributed by atoms with Crippen LogP contribution in [0.25, 0.3) is 76.9 Å². The number of nitrogens with zero attached hydrogens (tertiary/aromatic N) is 1. The minimum absolute atomic E-state index is 0.329. The highest BCUT2D eigenvalue weighted by Gasteiger charge is 2.38. The van der Waals surface area contributed by atoms with Crippen molar-refractivity contribution in [2.24, 2.45) is 0 Å². The first-order chi connectivity index (χ1) is 27.0. The zero-order valence-electron chi connectivity index (χ0n) is 30.8. The SMILES string of the molecule is CC1(C)c2c(cccc2N(c2ccc(-c3ccccc3)cc2)c2cccc3c2oc2ccccc23)-c2c(-c3ccc4ccccc4c3)ccc3cccc1c23. The lowest BCUT2D eigenvalue weighted by Gasteiger charge is -2.40. The van der Waals surface area contributed by atoms with E-state index in [1.807, 2.05) is 6.07 Å². The number of furan rings is 1. The molecule has 1 heterocycles. The summed E-state index contributed by atoms with van der Waals surface area (Å²) in [5, 5.41) is 7.32. The third kappa shape index (κ3) is 4.81. The highest BCUT2D eigenvalue weighted by atomic mass is 16.3. The Balaban J connectivity index is 1.21. The molecule has 0 unspecified atom stereocenters. The van der Waals surface area contributed by atoms with Gasteiger partial charge in [-0.3, -0.25) is 0 Å². The van der Waals surface area contributed by atoms with Crippen LogP contribution in [0.3, 0.4) is 0 Å². The van der Waals surface area contributed by atoms with Crippen LogP contribution >= 0.6 is 0 Å². The molecule has 0 aliphatic heterocycles. The van der Waals surface area contributed by atoms with Crippen LogP contribution in [0.5, 0.6) is 0 Å². The summed E-state index contributed by atoms with van der Waals surface area (Å²) in [4.78, 5) is 2.43. The molecular formula is C53H37NO. The summed E-state index contributed by atoms with van der Waals surface area (Å²) in [6.07, 6.45) is 0. The van der Waals surface area contributed by atoms with E-state index in [9.17, 15) is 0 Å². The number of rotatable bonds is 5. The van der Waals surface area contributed by atoms with Crippen LogP contribution < -0.4 is 4.90 Å². The van der Waals surface area contributed by atoms with Gasteiger partial charge in [0.2, 0.25) is 0 Å². The van der Waals surface area contributed by atoms with E-state index in [2.05, 4.69) is 201 Å². The van der Waals surface area contributed by atoms with Gasteiger partial charge in [-0.25, -0.2) is 0 Å². The fraction of sp³-hybridized carbons (Fsp3) is 0.0566. The maximum atomic E-state index is 6.77. The van der Waals surface area contributed by atoms with Crippen LogP contribution in [0.2, 0.25) is 0 Å². The van der Waals surface area contributed by atoms with Crippen LogP contribution in [0.4, 0.5) is 17.1 Å². The van der Waals surface area contributed by atoms with Crippen molar-refractivity contribution in [2.75, 3.05) is 4.90 Å². The van der Waals surface area contributed by atoms with Crippen molar-refractivity contribution in [1.29, 1.82) is 0 Å². The standard InChI is InChI=1S/C53H37NO/c1-53(2)45-21-10-17-37-29-32-41(39-26-25-35-15-6-7-16-38(35)33-39)50(49(37)45)44-20-12-22-46(51(44)53)54(40-30-27-36(28-31-40)34-13-4-3-5-14-34)47-23-11-19-43-42-18-8-9-24-48(42)55-52(43)47/h3-33H,1-2H3. The lowest BCUT2D eigenvalue weighted by Crippen LogP contribution is -2.27. The normalized spacial score (nSPS) is 13.1. The van der Waals surface area contributed by atoms with Gasteiger partial charge in [0.05, 0.1) is 11.4 Å². The average molecular weight is 704 g/mol. The first-order valence-electron chi connectivity index (χ1n) is 19.1. The Labute approximate surface area is 320 Å². The minimum atomic E-state index is -0.329. The van der Waals surface area contributed by atoms with Crippen molar-refractivity contribution in [1.82, 2.24) is 0 Å². The van der Waals surface area contributed by atoms with Crippen molar-refractivity contribution in [3.8, 4) is 33.4 Å². The molecule has 0 spiro atoms. The predicted octanol–water partition coefficient (Wildman–Crippen LogP) is 15.0. The zero-order chi connectivity index (χ0) is 36.7. The molecular weight excluding hydrogens is 667 g/mol. The van der Waals surface area contributed by atoms with Gasteiger partial charge in [-0.1, -0.05) is 166 Å². The summed E-state index contributed by atoms with van der Waals surface area (Å²) in [6, 6.07) is 68.4. The summed E-state index contributed by atoms with van der Waals surface area (Å²) < 4.78 is 6.77. The Hall–Kier alpha value is -6.90. The molecule has 2 heteroatoms. The molecule has 0 amide bonds. The second kappa shape index (κ2) is 12.1. The molecule has 0 saturated heterocycles. The van der Waals surface area contributed by atoms with Crippen molar-refractivity contribution in [3.63, 3.8) is 0 Å². The molecule has 11 rings (SSSR count). The van der Waals surface area contributed by atoms with Gasteiger partial charge in [0.15, 0.2) is 5.58 Å². The first-order valence-corrected chi connectivity index (χ1v) is 19.1. The molecule has 0 bridgehead atoms. The Morgan fingerprint density at radius 1 is 0.455 bits per heavy atom. The van der Waals surface area contributed by atoms with Crippen molar-refractivity contribution in [3.05, 3.63) is 199 Å². The second-order valence-electron chi connectivity index (χ2n) is 15.3. The number of anilines is 3. The Kier molecular flexibility index (Phi) is 6.93. The Morgan fingerprint density at radius 3 is 1.98 bits per heavy atom. The minimum Gasteiger partial charge on any atom is -0.454 e. The van der Waals surface area contributed by atoms with E-state index in [1.165, 1.54) is 66.1 Å². The molecule has 1 aliphatic carbocycles. The molecule has 1 aliphatic rings. The second-order valence-corrected chi connectivity index (χ2v) is 15.3. The van der Waals surface area contributed by atoms with Gasteiger partial charge in [-0.15, -0.1) is 0 Å². The van der Waals surface area contributed by atoms with E-state index >= 15 is 0 Å². The van der Waals surface area contributed by atoms with Gasteiger partial charge < -0.3 is 9.32 Å². The molecule has 0 saturated carbocycles. The molecule has 0 N–H and O–H groups in total. The first kappa shape index (κ1) is 31.6. The smallest absolute Gasteiger partial charge is 0.159 e. The average Bonchev–Trinajstić information content (AvgIpc) is 3.63. The van der Waals surface area contributed by atoms with Gasteiger partial charge in [0.25, 0.3) is 0 Å². The molecule has 9 aromatic carbocycles. The van der Waals surface area contributed by atoms with Gasteiger partial charge in [-0.05, 0) is 102 Å². The van der Waals surface area contributed by atoms with Crippen molar-refractivity contribution >= 4 is 60.5 Å². The molecule has 0 atom stereocenters. The summed E-state index contributed by atoms with van der Waals surface area (Å²) in [5.41, 5.74) is 14.7. The molecule has 1 aromatic heterocycles. The van der Waals surface area contributed by atoms with Crippen LogP contribution in [0.1, 0.15) is 25.0 Å². The summed E-state index contributed by atoms with van der Waals surface area (Å²) in [7, 11) is 0. The van der Waals surface area contributed by atoms with Gasteiger partial charge in [0, 0.05) is 21.9 Å². The van der Waals surface area contributed by atoms with E-state index in [1.54, 1.807) is 0 Å². The molecule has 10 aromatic rings. The van der Waals surface area contributed by atoms with E-state index in [0.29, 0.717) is 0 Å². The zero-order valence-corrected chi connectivity index (χ0v) is 30.8. The largest absolute Gasteiger partial charge is 0.454 e. The van der Waals surface area contributed by atoms with Crippen LogP contribution in [0, 0.1) is 0 Å². The molecule has 55 heavy (non-hydrogen) atoms. The number of hydrogen-bond donors (Lipinski definition) is 0. The fourth-order valence-corrected chi connectivity index (χ4v) is 9.25. The van der Waals surface area contributed by atoms with Crippen LogP contribution in [-0.2, 0) is 5.41 Å². The van der Waals surface area contributed by atoms with Crippen LogP contribution in [0.15, 0.2) is 192 Å². The highest BCUT2D eigenvalue weighted by Crippen LogP contribution is 2.56. The summed E-state index contributed by atoms with van der Waals surface area (Å²) in [6.45, 7) is 4.79. The van der Waals surface area contributed by atoms with Gasteiger partial charge in [0.1, 0.15) is 5.58 Å². The fourth-order valence-electron chi connectivity index (χ4n) is 9.25. The summed E-state index contributed by atoms with van der Waals surface area (Å²) in [5.74, 6) is 0. The maximum Gasteiger partial charge on any atom is 0.159 e. The summed E-state index contributed by atoms with van der Waals surface area (Å²) >= 11 is 0. The number of hydrogen-bond acceptors (Lipinski definition) is 2. The monoisotopic (exact) mass is 703 g/mol. The van der Waals surface area contributed by atoms with Gasteiger partial charge in [-0.2, -0.15) is 0 Å². The number of fused-ring (bicyclic) bond motifs is 6. The molecule has 260 valence electrons. The topological polar surface area (TPSA) is 16.4 Å².